The van der Waals surface area contributed by atoms with Gasteiger partial charge in [0, 0.05) is 17.0 Å². The molecule has 0 fully saturated rings. The smallest absolute Gasteiger partial charge is 0.271 e. The molecule has 6 heteroatoms. The molecule has 0 spiro atoms. The molecule has 2 aliphatic rings. The minimum absolute atomic E-state index is 0.0907. The Labute approximate surface area is 176 Å². The number of allylic oxidation sites excluding steroid dienone is 2. The van der Waals surface area contributed by atoms with E-state index < -0.39 is 6.04 Å². The highest BCUT2D eigenvalue weighted by atomic mass is 35.5. The summed E-state index contributed by atoms with van der Waals surface area (Å²) in [7, 11) is 0. The molecule has 3 aromatic rings. The monoisotopic (exact) mass is 420 g/mol. The first kappa shape index (κ1) is 18.3. The van der Waals surface area contributed by atoms with Gasteiger partial charge in [0.2, 0.25) is 0 Å². The van der Waals surface area contributed by atoms with Crippen LogP contribution in [0, 0.1) is 0 Å². The molecule has 0 saturated heterocycles. The van der Waals surface area contributed by atoms with Crippen LogP contribution in [0.5, 0.6) is 0 Å². The third-order valence-corrected chi connectivity index (χ3v) is 6.51. The predicted molar refractivity (Wildman–Crippen MR) is 115 cm³/mol. The van der Waals surface area contributed by atoms with Gasteiger partial charge in [-0.05, 0) is 42.2 Å². The minimum atomic E-state index is -0.420. The third kappa shape index (κ3) is 3.20. The molecule has 1 aromatic heterocycles. The molecule has 0 radical (unpaired) electrons. The Morgan fingerprint density at radius 3 is 2.69 bits per heavy atom. The third-order valence-electron chi connectivity index (χ3n) is 5.29. The molecule has 4 nitrogen and oxygen atoms in total. The standard InChI is InChI=1S/C23H17ClN2O2S/c24-16-9-4-6-14(12-16)13-19-22(28)26-21(15-7-2-1-3-8-15)20-17(25-23(26)29-19)10-5-11-18(20)27/h1-4,6-9,12-13,21H,5,10-11H2. The minimum Gasteiger partial charge on any atom is -0.294 e. The Kier molecular flexibility index (Phi) is 4.57. The highest BCUT2D eigenvalue weighted by molar-refractivity contribution is 7.07. The molecule has 5 rings (SSSR count). The van der Waals surface area contributed by atoms with Crippen LogP contribution in [0.25, 0.3) is 6.08 Å². The van der Waals surface area contributed by atoms with Crippen LogP contribution in [-0.4, -0.2) is 10.4 Å². The molecule has 0 amide bonds. The average Bonchev–Trinajstić information content (AvgIpc) is 3.02. The molecule has 1 atom stereocenters. The number of benzene rings is 2. The fourth-order valence-electron chi connectivity index (χ4n) is 4.01. The summed E-state index contributed by atoms with van der Waals surface area (Å²) in [6.45, 7) is 0. The first-order valence-corrected chi connectivity index (χ1v) is 10.7. The first-order valence-electron chi connectivity index (χ1n) is 9.50. The zero-order valence-electron chi connectivity index (χ0n) is 15.5. The maximum Gasteiger partial charge on any atom is 0.271 e. The quantitative estimate of drug-likeness (QED) is 0.635. The fraction of sp³-hybridized carbons (Fsp3) is 0.174. The van der Waals surface area contributed by atoms with Crippen molar-refractivity contribution in [3.63, 3.8) is 0 Å². The summed E-state index contributed by atoms with van der Waals surface area (Å²) in [5.74, 6) is 0.0907. The van der Waals surface area contributed by atoms with E-state index >= 15 is 0 Å². The second-order valence-electron chi connectivity index (χ2n) is 7.19. The number of aromatic nitrogens is 1. The Morgan fingerprint density at radius 2 is 1.90 bits per heavy atom. The van der Waals surface area contributed by atoms with E-state index in [1.54, 1.807) is 10.6 Å². The van der Waals surface area contributed by atoms with E-state index in [-0.39, 0.29) is 11.3 Å². The molecule has 144 valence electrons. The number of halogens is 1. The Balaban J connectivity index is 1.77. The van der Waals surface area contributed by atoms with Crippen molar-refractivity contribution >= 4 is 34.8 Å². The van der Waals surface area contributed by atoms with Crippen LogP contribution in [0.4, 0.5) is 0 Å². The second kappa shape index (κ2) is 7.25. The van der Waals surface area contributed by atoms with Gasteiger partial charge in [-0.3, -0.25) is 14.2 Å². The lowest BCUT2D eigenvalue weighted by atomic mass is 9.86. The SMILES string of the molecule is O=C1CCCC2=C1C(c1ccccc1)n1c(sc(=Cc3cccc(Cl)c3)c1=O)=N2. The summed E-state index contributed by atoms with van der Waals surface area (Å²) in [4.78, 5) is 31.6. The van der Waals surface area contributed by atoms with E-state index in [1.165, 1.54) is 11.3 Å². The number of Topliss-reactive ketones (excluding diaryl/α,β-unsaturated/α-hetero) is 1. The van der Waals surface area contributed by atoms with Crippen molar-refractivity contribution in [2.24, 2.45) is 4.99 Å². The summed E-state index contributed by atoms with van der Waals surface area (Å²) in [5.41, 5.74) is 3.15. The van der Waals surface area contributed by atoms with Crippen LogP contribution >= 0.6 is 22.9 Å². The molecular weight excluding hydrogens is 404 g/mol. The van der Waals surface area contributed by atoms with Crippen LogP contribution in [0.15, 0.2) is 75.7 Å². The lowest BCUT2D eigenvalue weighted by Gasteiger charge is -2.28. The summed E-state index contributed by atoms with van der Waals surface area (Å²) in [5, 5.41) is 0.620. The summed E-state index contributed by atoms with van der Waals surface area (Å²) >= 11 is 7.45. The molecule has 2 heterocycles. The van der Waals surface area contributed by atoms with Crippen molar-refractivity contribution in [3.8, 4) is 0 Å². The number of ketones is 1. The Hall–Kier alpha value is -2.76. The number of carbonyl (C=O) groups is 1. The van der Waals surface area contributed by atoms with E-state index in [2.05, 4.69) is 0 Å². The molecule has 0 N–H and O–H groups in total. The topological polar surface area (TPSA) is 51.4 Å². The molecule has 0 saturated carbocycles. The zero-order valence-corrected chi connectivity index (χ0v) is 17.0. The fourth-order valence-corrected chi connectivity index (χ4v) is 5.23. The number of fused-ring (bicyclic) bond motifs is 1. The molecule has 1 aliphatic heterocycles. The first-order chi connectivity index (χ1) is 14.1. The van der Waals surface area contributed by atoms with Crippen LogP contribution in [0.2, 0.25) is 5.02 Å². The molecule has 2 aromatic carbocycles. The van der Waals surface area contributed by atoms with Crippen molar-refractivity contribution in [2.45, 2.75) is 25.3 Å². The van der Waals surface area contributed by atoms with Gasteiger partial charge in [0.15, 0.2) is 10.6 Å². The second-order valence-corrected chi connectivity index (χ2v) is 8.63. The normalized spacial score (nSPS) is 19.0. The molecule has 1 unspecified atom stereocenters. The molecule has 29 heavy (non-hydrogen) atoms. The number of thiazole rings is 1. The van der Waals surface area contributed by atoms with Gasteiger partial charge in [0.25, 0.3) is 5.56 Å². The largest absolute Gasteiger partial charge is 0.294 e. The number of nitrogens with zero attached hydrogens (tertiary/aromatic N) is 2. The number of carbonyl (C=O) groups excluding carboxylic acids is 1. The van der Waals surface area contributed by atoms with Crippen molar-refractivity contribution in [1.82, 2.24) is 4.57 Å². The van der Waals surface area contributed by atoms with Crippen molar-refractivity contribution in [2.75, 3.05) is 0 Å². The van der Waals surface area contributed by atoms with E-state index in [1.807, 2.05) is 54.6 Å². The molecular formula is C23H17ClN2O2S. The van der Waals surface area contributed by atoms with Crippen molar-refractivity contribution < 1.29 is 4.79 Å². The number of hydrogen-bond donors (Lipinski definition) is 0. The van der Waals surface area contributed by atoms with Crippen molar-refractivity contribution in [3.05, 3.63) is 102 Å². The van der Waals surface area contributed by atoms with Crippen molar-refractivity contribution in [1.29, 1.82) is 0 Å². The van der Waals surface area contributed by atoms with Crippen LogP contribution < -0.4 is 14.9 Å². The summed E-state index contributed by atoms with van der Waals surface area (Å²) < 4.78 is 2.26. The van der Waals surface area contributed by atoms with E-state index in [4.69, 9.17) is 16.6 Å². The van der Waals surface area contributed by atoms with Gasteiger partial charge in [-0.1, -0.05) is 65.4 Å². The predicted octanol–water partition coefficient (Wildman–Crippen LogP) is 3.62. The van der Waals surface area contributed by atoms with Gasteiger partial charge in [0.1, 0.15) is 0 Å². The van der Waals surface area contributed by atoms with Gasteiger partial charge in [0.05, 0.1) is 16.3 Å². The Morgan fingerprint density at radius 1 is 1.07 bits per heavy atom. The molecule has 0 bridgehead atoms. The van der Waals surface area contributed by atoms with Crippen LogP contribution in [-0.2, 0) is 4.79 Å². The van der Waals surface area contributed by atoms with E-state index in [9.17, 15) is 9.59 Å². The Bertz CT molecular complexity index is 1340. The molecule has 1 aliphatic carbocycles. The van der Waals surface area contributed by atoms with Gasteiger partial charge >= 0.3 is 0 Å². The maximum atomic E-state index is 13.4. The van der Waals surface area contributed by atoms with Gasteiger partial charge < -0.3 is 0 Å². The van der Waals surface area contributed by atoms with Crippen LogP contribution in [0.3, 0.4) is 0 Å². The maximum absolute atomic E-state index is 13.4. The van der Waals surface area contributed by atoms with E-state index in [0.717, 1.165) is 29.7 Å². The van der Waals surface area contributed by atoms with Gasteiger partial charge in [-0.15, -0.1) is 0 Å². The van der Waals surface area contributed by atoms with Gasteiger partial charge in [-0.25, -0.2) is 4.99 Å². The number of rotatable bonds is 2. The lowest BCUT2D eigenvalue weighted by Crippen LogP contribution is -2.40. The average molecular weight is 421 g/mol. The highest BCUT2D eigenvalue weighted by Gasteiger charge is 2.34. The summed E-state index contributed by atoms with van der Waals surface area (Å²) in [6.07, 6.45) is 3.92. The lowest BCUT2D eigenvalue weighted by molar-refractivity contribution is -0.116. The highest BCUT2D eigenvalue weighted by Crippen LogP contribution is 2.35. The zero-order chi connectivity index (χ0) is 20.0. The van der Waals surface area contributed by atoms with Gasteiger partial charge in [-0.2, -0.15) is 0 Å². The van der Waals surface area contributed by atoms with Crippen LogP contribution in [0.1, 0.15) is 36.4 Å². The van der Waals surface area contributed by atoms with E-state index in [0.29, 0.717) is 26.4 Å². The summed E-state index contributed by atoms with van der Waals surface area (Å²) in [6, 6.07) is 16.7. The number of hydrogen-bond acceptors (Lipinski definition) is 4.